The van der Waals surface area contributed by atoms with E-state index >= 15 is 0 Å². The van der Waals surface area contributed by atoms with Gasteiger partial charge in [0.1, 0.15) is 6.07 Å². The quantitative estimate of drug-likeness (QED) is 0.867. The molecular formula is C13H15ClN4O. The van der Waals surface area contributed by atoms with E-state index in [-0.39, 0.29) is 5.91 Å². The Morgan fingerprint density at radius 1 is 1.47 bits per heavy atom. The molecule has 1 heterocycles. The highest BCUT2D eigenvalue weighted by molar-refractivity contribution is 6.31. The van der Waals surface area contributed by atoms with E-state index in [4.69, 9.17) is 16.9 Å². The predicted octanol–water partition coefficient (Wildman–Crippen LogP) is 1.06. The highest BCUT2D eigenvalue weighted by Gasteiger charge is 2.14. The minimum atomic E-state index is -0.124. The van der Waals surface area contributed by atoms with Gasteiger partial charge in [-0.15, -0.1) is 0 Å². The van der Waals surface area contributed by atoms with Crippen LogP contribution >= 0.6 is 11.6 Å². The van der Waals surface area contributed by atoms with Crippen LogP contribution in [-0.4, -0.2) is 43.5 Å². The van der Waals surface area contributed by atoms with Crippen molar-refractivity contribution in [1.82, 2.24) is 10.2 Å². The standard InChI is InChI=1S/C13H15ClN4O/c14-11-2-1-10(8-15)12(7-11)17-13(19)9-18-5-3-16-4-6-18/h1-2,7,16H,3-6,9H2,(H,17,19). The van der Waals surface area contributed by atoms with Crippen LogP contribution in [0.15, 0.2) is 18.2 Å². The van der Waals surface area contributed by atoms with Crippen LogP contribution < -0.4 is 10.6 Å². The van der Waals surface area contributed by atoms with Crippen molar-refractivity contribution in [2.24, 2.45) is 0 Å². The van der Waals surface area contributed by atoms with Crippen molar-refractivity contribution in [3.05, 3.63) is 28.8 Å². The molecule has 0 aromatic heterocycles. The number of hydrogen-bond donors (Lipinski definition) is 2. The molecule has 1 aromatic carbocycles. The molecule has 19 heavy (non-hydrogen) atoms. The highest BCUT2D eigenvalue weighted by Crippen LogP contribution is 2.20. The number of nitrogens with one attached hydrogen (secondary N) is 2. The molecule has 0 saturated carbocycles. The molecule has 1 aromatic rings. The van der Waals surface area contributed by atoms with E-state index < -0.39 is 0 Å². The Kier molecular flexibility index (Phi) is 4.74. The fraction of sp³-hybridized carbons (Fsp3) is 0.385. The lowest BCUT2D eigenvalue weighted by atomic mass is 10.2. The van der Waals surface area contributed by atoms with Gasteiger partial charge in [-0.3, -0.25) is 9.69 Å². The third-order valence-electron chi connectivity index (χ3n) is 2.95. The summed E-state index contributed by atoms with van der Waals surface area (Å²) in [5.41, 5.74) is 0.883. The van der Waals surface area contributed by atoms with Crippen molar-refractivity contribution in [2.75, 3.05) is 38.0 Å². The molecule has 0 bridgehead atoms. The number of rotatable bonds is 3. The summed E-state index contributed by atoms with van der Waals surface area (Å²) in [6.07, 6.45) is 0. The first-order chi connectivity index (χ1) is 9.19. The Bertz CT molecular complexity index is 506. The molecule has 1 saturated heterocycles. The van der Waals surface area contributed by atoms with Crippen molar-refractivity contribution in [3.63, 3.8) is 0 Å². The number of nitrogens with zero attached hydrogens (tertiary/aromatic N) is 2. The number of anilines is 1. The van der Waals surface area contributed by atoms with Gasteiger partial charge in [0, 0.05) is 31.2 Å². The molecule has 6 heteroatoms. The molecule has 0 radical (unpaired) electrons. The molecule has 1 fully saturated rings. The lowest BCUT2D eigenvalue weighted by Gasteiger charge is -2.26. The summed E-state index contributed by atoms with van der Waals surface area (Å²) in [6, 6.07) is 6.86. The number of halogens is 1. The summed E-state index contributed by atoms with van der Waals surface area (Å²) in [5, 5.41) is 15.4. The molecule has 0 unspecified atom stereocenters. The van der Waals surface area contributed by atoms with Crippen molar-refractivity contribution in [1.29, 1.82) is 5.26 Å². The average molecular weight is 279 g/mol. The Morgan fingerprint density at radius 2 is 2.21 bits per heavy atom. The topological polar surface area (TPSA) is 68.2 Å². The number of hydrogen-bond acceptors (Lipinski definition) is 4. The first-order valence-corrected chi connectivity index (χ1v) is 6.49. The summed E-state index contributed by atoms with van der Waals surface area (Å²) in [7, 11) is 0. The Hall–Kier alpha value is -1.61. The zero-order valence-electron chi connectivity index (χ0n) is 10.4. The number of benzene rings is 1. The van der Waals surface area contributed by atoms with E-state index in [1.165, 1.54) is 0 Å². The summed E-state index contributed by atoms with van der Waals surface area (Å²) in [5.74, 6) is -0.124. The number of amides is 1. The fourth-order valence-corrected chi connectivity index (χ4v) is 2.15. The molecule has 1 aliphatic heterocycles. The van der Waals surface area contributed by atoms with Crippen LogP contribution in [0.5, 0.6) is 0 Å². The first kappa shape index (κ1) is 13.8. The van der Waals surface area contributed by atoms with Crippen LogP contribution in [0.4, 0.5) is 5.69 Å². The monoisotopic (exact) mass is 278 g/mol. The van der Waals surface area contributed by atoms with Gasteiger partial charge in [0.25, 0.3) is 0 Å². The molecule has 0 atom stereocenters. The fourth-order valence-electron chi connectivity index (χ4n) is 1.98. The van der Waals surface area contributed by atoms with E-state index in [0.717, 1.165) is 26.2 Å². The van der Waals surface area contributed by atoms with E-state index in [1.54, 1.807) is 18.2 Å². The van der Waals surface area contributed by atoms with Crippen molar-refractivity contribution in [2.45, 2.75) is 0 Å². The van der Waals surface area contributed by atoms with E-state index in [0.29, 0.717) is 22.8 Å². The molecule has 0 spiro atoms. The Balaban J connectivity index is 1.98. The summed E-state index contributed by atoms with van der Waals surface area (Å²) < 4.78 is 0. The lowest BCUT2D eigenvalue weighted by Crippen LogP contribution is -2.46. The van der Waals surface area contributed by atoms with Gasteiger partial charge in [-0.1, -0.05) is 11.6 Å². The lowest BCUT2D eigenvalue weighted by molar-refractivity contribution is -0.117. The minimum Gasteiger partial charge on any atom is -0.324 e. The van der Waals surface area contributed by atoms with Crippen LogP contribution in [-0.2, 0) is 4.79 Å². The summed E-state index contributed by atoms with van der Waals surface area (Å²) >= 11 is 5.87. The molecule has 5 nitrogen and oxygen atoms in total. The average Bonchev–Trinajstić information content (AvgIpc) is 2.40. The zero-order valence-corrected chi connectivity index (χ0v) is 11.2. The second-order valence-electron chi connectivity index (χ2n) is 4.38. The largest absolute Gasteiger partial charge is 0.324 e. The summed E-state index contributed by atoms with van der Waals surface area (Å²) in [4.78, 5) is 14.0. The second kappa shape index (κ2) is 6.53. The number of carbonyl (C=O) groups is 1. The van der Waals surface area contributed by atoms with Crippen molar-refractivity contribution in [3.8, 4) is 6.07 Å². The van der Waals surface area contributed by atoms with Crippen LogP contribution in [0.25, 0.3) is 0 Å². The molecule has 1 aliphatic rings. The Labute approximate surface area is 117 Å². The van der Waals surface area contributed by atoms with Gasteiger partial charge in [0.15, 0.2) is 0 Å². The number of nitriles is 1. The smallest absolute Gasteiger partial charge is 0.238 e. The maximum absolute atomic E-state index is 11.9. The normalized spacial score (nSPS) is 15.8. The third-order valence-corrected chi connectivity index (χ3v) is 3.19. The van der Waals surface area contributed by atoms with Gasteiger partial charge in [0.2, 0.25) is 5.91 Å². The summed E-state index contributed by atoms with van der Waals surface area (Å²) in [6.45, 7) is 3.84. The molecule has 2 N–H and O–H groups in total. The van der Waals surface area contributed by atoms with E-state index in [1.807, 2.05) is 6.07 Å². The maximum Gasteiger partial charge on any atom is 0.238 e. The minimum absolute atomic E-state index is 0.124. The van der Waals surface area contributed by atoms with E-state index in [9.17, 15) is 4.79 Å². The van der Waals surface area contributed by atoms with Gasteiger partial charge in [-0.2, -0.15) is 5.26 Å². The number of piperazine rings is 1. The third kappa shape index (κ3) is 3.93. The predicted molar refractivity (Wildman–Crippen MR) is 74.1 cm³/mol. The molecule has 1 amide bonds. The van der Waals surface area contributed by atoms with Gasteiger partial charge < -0.3 is 10.6 Å². The van der Waals surface area contributed by atoms with Gasteiger partial charge >= 0.3 is 0 Å². The SMILES string of the molecule is N#Cc1ccc(Cl)cc1NC(=O)CN1CCNCC1. The molecule has 2 rings (SSSR count). The number of carbonyl (C=O) groups excluding carboxylic acids is 1. The van der Waals surface area contributed by atoms with E-state index in [2.05, 4.69) is 15.5 Å². The van der Waals surface area contributed by atoms with Crippen molar-refractivity contribution >= 4 is 23.2 Å². The Morgan fingerprint density at radius 3 is 2.89 bits per heavy atom. The second-order valence-corrected chi connectivity index (χ2v) is 4.81. The van der Waals surface area contributed by atoms with Gasteiger partial charge in [0.05, 0.1) is 17.8 Å². The zero-order chi connectivity index (χ0) is 13.7. The van der Waals surface area contributed by atoms with Crippen LogP contribution in [0, 0.1) is 11.3 Å². The van der Waals surface area contributed by atoms with Crippen molar-refractivity contribution < 1.29 is 4.79 Å². The van der Waals surface area contributed by atoms with Crippen LogP contribution in [0.3, 0.4) is 0 Å². The highest BCUT2D eigenvalue weighted by atomic mass is 35.5. The molecular weight excluding hydrogens is 264 g/mol. The molecule has 0 aliphatic carbocycles. The van der Waals surface area contributed by atoms with Crippen LogP contribution in [0.2, 0.25) is 5.02 Å². The molecule has 100 valence electrons. The maximum atomic E-state index is 11.9. The van der Waals surface area contributed by atoms with Gasteiger partial charge in [-0.25, -0.2) is 0 Å². The van der Waals surface area contributed by atoms with Gasteiger partial charge in [-0.05, 0) is 18.2 Å². The van der Waals surface area contributed by atoms with Crippen LogP contribution in [0.1, 0.15) is 5.56 Å². The first-order valence-electron chi connectivity index (χ1n) is 6.11.